The molecule has 0 aromatic carbocycles. The van der Waals surface area contributed by atoms with Gasteiger partial charge in [-0.1, -0.05) is 13.3 Å². The minimum absolute atomic E-state index is 0.537. The van der Waals surface area contributed by atoms with E-state index >= 15 is 0 Å². The zero-order valence-corrected chi connectivity index (χ0v) is 11.1. The molecule has 0 radical (unpaired) electrons. The average molecular weight is 248 g/mol. The Hall–Kier alpha value is -0.130. The Kier molecular flexibility index (Phi) is 5.72. The van der Waals surface area contributed by atoms with Gasteiger partial charge in [0.15, 0.2) is 0 Å². The molecular formula is C11H24N2O2S. The largest absolute Gasteiger partial charge is 0.314 e. The number of nitrogens with one attached hydrogen (secondary N) is 2. The molecule has 16 heavy (non-hydrogen) atoms. The second kappa shape index (κ2) is 6.57. The molecule has 0 bridgehead atoms. The fourth-order valence-corrected chi connectivity index (χ4v) is 2.80. The van der Waals surface area contributed by atoms with Gasteiger partial charge in [-0.3, -0.25) is 0 Å². The molecular weight excluding hydrogens is 224 g/mol. The first kappa shape index (κ1) is 13.9. The first-order chi connectivity index (χ1) is 7.51. The summed E-state index contributed by atoms with van der Waals surface area (Å²) in [6.07, 6.45) is 7.25. The lowest BCUT2D eigenvalue weighted by Gasteiger charge is -2.12. The molecule has 2 unspecified atom stereocenters. The van der Waals surface area contributed by atoms with Gasteiger partial charge in [0.2, 0.25) is 10.0 Å². The summed E-state index contributed by atoms with van der Waals surface area (Å²) in [5.41, 5.74) is 0. The molecule has 1 saturated carbocycles. The van der Waals surface area contributed by atoms with Gasteiger partial charge in [-0.15, -0.1) is 0 Å². The molecule has 0 saturated heterocycles. The van der Waals surface area contributed by atoms with Crippen LogP contribution in [0.2, 0.25) is 0 Å². The van der Waals surface area contributed by atoms with E-state index in [1.54, 1.807) is 0 Å². The van der Waals surface area contributed by atoms with Crippen molar-refractivity contribution in [2.45, 2.75) is 45.1 Å². The monoisotopic (exact) mass is 248 g/mol. The third-order valence-corrected chi connectivity index (χ3v) is 4.00. The fraction of sp³-hybridized carbons (Fsp3) is 1.00. The van der Waals surface area contributed by atoms with Crippen molar-refractivity contribution in [2.75, 3.05) is 19.3 Å². The number of rotatable bonds is 7. The molecule has 4 nitrogen and oxygen atoms in total. The standard InChI is InChI=1S/C11H24N2O2S/c1-3-10-5-6-11(9-10)12-7-4-8-13-16(2,14)15/h10-13H,3-9H2,1-2H3. The molecule has 2 atom stereocenters. The van der Waals surface area contributed by atoms with Crippen LogP contribution >= 0.6 is 0 Å². The maximum atomic E-state index is 10.8. The summed E-state index contributed by atoms with van der Waals surface area (Å²) in [6.45, 7) is 3.70. The molecule has 96 valence electrons. The normalized spacial score (nSPS) is 26.1. The average Bonchev–Trinajstić information content (AvgIpc) is 2.63. The molecule has 0 aromatic rings. The summed E-state index contributed by atoms with van der Waals surface area (Å²) >= 11 is 0. The molecule has 2 N–H and O–H groups in total. The van der Waals surface area contributed by atoms with E-state index in [0.717, 1.165) is 18.9 Å². The highest BCUT2D eigenvalue weighted by Gasteiger charge is 2.22. The van der Waals surface area contributed by atoms with E-state index < -0.39 is 10.0 Å². The molecule has 0 heterocycles. The first-order valence-electron chi connectivity index (χ1n) is 6.19. The topological polar surface area (TPSA) is 58.2 Å². The third-order valence-electron chi connectivity index (χ3n) is 3.27. The van der Waals surface area contributed by atoms with Gasteiger partial charge >= 0.3 is 0 Å². The lowest BCUT2D eigenvalue weighted by Crippen LogP contribution is -2.31. The zero-order valence-electron chi connectivity index (χ0n) is 10.3. The zero-order chi connectivity index (χ0) is 12.0. The third kappa shape index (κ3) is 5.82. The highest BCUT2D eigenvalue weighted by Crippen LogP contribution is 2.27. The van der Waals surface area contributed by atoms with Crippen LogP contribution in [-0.2, 0) is 10.0 Å². The van der Waals surface area contributed by atoms with E-state index in [1.807, 2.05) is 0 Å². The smallest absolute Gasteiger partial charge is 0.208 e. The Balaban J connectivity index is 2.00. The van der Waals surface area contributed by atoms with Crippen LogP contribution in [0.4, 0.5) is 0 Å². The number of sulfonamides is 1. The molecule has 0 amide bonds. The van der Waals surface area contributed by atoms with E-state index in [4.69, 9.17) is 0 Å². The van der Waals surface area contributed by atoms with Gasteiger partial charge in [0, 0.05) is 12.6 Å². The van der Waals surface area contributed by atoms with Gasteiger partial charge in [-0.2, -0.15) is 0 Å². The van der Waals surface area contributed by atoms with Gasteiger partial charge in [0.25, 0.3) is 0 Å². The van der Waals surface area contributed by atoms with Crippen molar-refractivity contribution in [3.63, 3.8) is 0 Å². The molecule has 0 aromatic heterocycles. The van der Waals surface area contributed by atoms with Gasteiger partial charge in [0.05, 0.1) is 6.26 Å². The maximum Gasteiger partial charge on any atom is 0.208 e. The molecule has 1 fully saturated rings. The van der Waals surface area contributed by atoms with E-state index in [1.165, 1.54) is 31.9 Å². The Morgan fingerprint density at radius 1 is 1.25 bits per heavy atom. The number of hydrogen-bond acceptors (Lipinski definition) is 3. The van der Waals surface area contributed by atoms with E-state index in [-0.39, 0.29) is 0 Å². The molecule has 0 aliphatic heterocycles. The molecule has 1 rings (SSSR count). The van der Waals surface area contributed by atoms with Crippen molar-refractivity contribution in [2.24, 2.45) is 5.92 Å². The number of hydrogen-bond donors (Lipinski definition) is 2. The molecule has 1 aliphatic carbocycles. The van der Waals surface area contributed by atoms with Gasteiger partial charge in [0.1, 0.15) is 0 Å². The molecule has 5 heteroatoms. The Morgan fingerprint density at radius 2 is 2.00 bits per heavy atom. The first-order valence-corrected chi connectivity index (χ1v) is 8.08. The summed E-state index contributed by atoms with van der Waals surface area (Å²) in [5.74, 6) is 0.895. The van der Waals surface area contributed by atoms with Crippen molar-refractivity contribution >= 4 is 10.0 Å². The maximum absolute atomic E-state index is 10.8. The Bertz CT molecular complexity index is 290. The lowest BCUT2D eigenvalue weighted by atomic mass is 10.1. The SMILES string of the molecule is CCC1CCC(NCCCNS(C)(=O)=O)C1. The summed E-state index contributed by atoms with van der Waals surface area (Å²) < 4.78 is 24.1. The summed E-state index contributed by atoms with van der Waals surface area (Å²) in [6, 6.07) is 0.656. The van der Waals surface area contributed by atoms with Crippen molar-refractivity contribution in [3.05, 3.63) is 0 Å². The Labute approximate surface area is 99.2 Å². The predicted molar refractivity (Wildman–Crippen MR) is 66.9 cm³/mol. The van der Waals surface area contributed by atoms with Crippen molar-refractivity contribution < 1.29 is 8.42 Å². The summed E-state index contributed by atoms with van der Waals surface area (Å²) in [7, 11) is -3.01. The van der Waals surface area contributed by atoms with Crippen molar-refractivity contribution in [1.82, 2.24) is 10.0 Å². The predicted octanol–water partition coefficient (Wildman–Crippen LogP) is 1.09. The van der Waals surface area contributed by atoms with Crippen LogP contribution in [0.3, 0.4) is 0 Å². The highest BCUT2D eigenvalue weighted by molar-refractivity contribution is 7.88. The fourth-order valence-electron chi connectivity index (χ4n) is 2.28. The highest BCUT2D eigenvalue weighted by atomic mass is 32.2. The van der Waals surface area contributed by atoms with Crippen molar-refractivity contribution in [3.8, 4) is 0 Å². The van der Waals surface area contributed by atoms with E-state index in [9.17, 15) is 8.42 Å². The quantitative estimate of drug-likeness (QED) is 0.663. The minimum atomic E-state index is -3.01. The van der Waals surface area contributed by atoms with Gasteiger partial charge < -0.3 is 5.32 Å². The lowest BCUT2D eigenvalue weighted by molar-refractivity contribution is 0.473. The van der Waals surface area contributed by atoms with E-state index in [0.29, 0.717) is 12.6 Å². The van der Waals surface area contributed by atoms with Crippen LogP contribution in [0.25, 0.3) is 0 Å². The molecule has 0 spiro atoms. The minimum Gasteiger partial charge on any atom is -0.314 e. The summed E-state index contributed by atoms with van der Waals surface area (Å²) in [4.78, 5) is 0. The van der Waals surface area contributed by atoms with Crippen LogP contribution in [-0.4, -0.2) is 33.8 Å². The van der Waals surface area contributed by atoms with Crippen LogP contribution < -0.4 is 10.0 Å². The Morgan fingerprint density at radius 3 is 2.56 bits per heavy atom. The van der Waals surface area contributed by atoms with Gasteiger partial charge in [-0.25, -0.2) is 13.1 Å². The second-order valence-corrected chi connectivity index (χ2v) is 6.59. The summed E-state index contributed by atoms with van der Waals surface area (Å²) in [5, 5.41) is 3.50. The van der Waals surface area contributed by atoms with Crippen LogP contribution in [0.15, 0.2) is 0 Å². The van der Waals surface area contributed by atoms with Crippen LogP contribution in [0.1, 0.15) is 39.0 Å². The van der Waals surface area contributed by atoms with Crippen LogP contribution in [0, 0.1) is 5.92 Å². The second-order valence-electron chi connectivity index (χ2n) is 4.76. The van der Waals surface area contributed by atoms with Crippen LogP contribution in [0.5, 0.6) is 0 Å². The van der Waals surface area contributed by atoms with Crippen molar-refractivity contribution in [1.29, 1.82) is 0 Å². The molecule has 1 aliphatic rings. The van der Waals surface area contributed by atoms with E-state index in [2.05, 4.69) is 17.0 Å². The van der Waals surface area contributed by atoms with Gasteiger partial charge in [-0.05, 0) is 38.1 Å².